The molecule has 2 unspecified atom stereocenters. The molecule has 4 aromatic rings. The molecule has 0 bridgehead atoms. The third-order valence-electron chi connectivity index (χ3n) is 6.84. The molecule has 1 aliphatic carbocycles. The van der Waals surface area contributed by atoms with E-state index in [4.69, 9.17) is 5.26 Å². The predicted molar refractivity (Wildman–Crippen MR) is 141 cm³/mol. The number of carbonyl (C=O) groups excluding carboxylic acids is 1. The van der Waals surface area contributed by atoms with E-state index >= 15 is 0 Å². The van der Waals surface area contributed by atoms with Gasteiger partial charge in [0.25, 0.3) is 0 Å². The van der Waals surface area contributed by atoms with Gasteiger partial charge in [0.15, 0.2) is 0 Å². The summed E-state index contributed by atoms with van der Waals surface area (Å²) in [5.74, 6) is -3.00. The predicted octanol–water partition coefficient (Wildman–Crippen LogP) is 6.68. The van der Waals surface area contributed by atoms with Crippen LogP contribution in [0.3, 0.4) is 0 Å². The number of amides is 1. The minimum absolute atomic E-state index is 0.192. The third kappa shape index (κ3) is 5.67. The second-order valence-electron chi connectivity index (χ2n) is 9.29. The molecular formula is C29H26F2N4OS. The fourth-order valence-corrected chi connectivity index (χ4v) is 5.85. The molecule has 1 saturated carbocycles. The number of para-hydroxylation sites is 2. The minimum atomic E-state index is -2.89. The Bertz CT molecular complexity index is 1410. The van der Waals surface area contributed by atoms with Gasteiger partial charge in [-0.3, -0.25) is 4.79 Å². The topological polar surface area (TPSA) is 81.6 Å². The molecule has 0 saturated heterocycles. The molecule has 0 spiro atoms. The van der Waals surface area contributed by atoms with E-state index in [9.17, 15) is 13.6 Å². The van der Waals surface area contributed by atoms with Crippen molar-refractivity contribution in [2.45, 2.75) is 41.8 Å². The Kier molecular flexibility index (Phi) is 7.24. The van der Waals surface area contributed by atoms with Crippen molar-refractivity contribution < 1.29 is 13.6 Å². The molecule has 5 rings (SSSR count). The summed E-state index contributed by atoms with van der Waals surface area (Å²) in [6.07, 6.45) is -0.563. The highest BCUT2D eigenvalue weighted by Crippen LogP contribution is 2.47. The number of hydrogen-bond donors (Lipinski definition) is 2. The molecule has 1 aliphatic rings. The Labute approximate surface area is 218 Å². The number of alkyl halides is 2. The van der Waals surface area contributed by atoms with Crippen molar-refractivity contribution in [3.05, 3.63) is 84.2 Å². The van der Waals surface area contributed by atoms with Crippen LogP contribution in [0.1, 0.15) is 36.6 Å². The van der Waals surface area contributed by atoms with Crippen LogP contribution >= 0.6 is 11.8 Å². The zero-order valence-electron chi connectivity index (χ0n) is 20.1. The fraction of sp³-hybridized carbons (Fsp3) is 0.276. The van der Waals surface area contributed by atoms with Gasteiger partial charge in [-0.15, -0.1) is 11.8 Å². The molecule has 8 heteroatoms. The number of imidazole rings is 1. The number of H-pyrrole nitrogens is 1. The Hall–Kier alpha value is -3.70. The lowest BCUT2D eigenvalue weighted by Crippen LogP contribution is -2.41. The van der Waals surface area contributed by atoms with E-state index in [-0.39, 0.29) is 25.3 Å². The highest BCUT2D eigenvalue weighted by Gasteiger charge is 2.45. The standard InChI is InChI=1S/C29H26F2N4OS/c30-29(31)14-13-23(24(17-29)28(36)33-16-15-32)22-6-2-1-5-21(22)19-9-11-20(12-10-19)37-18-27-34-25-7-3-4-8-26(25)35-27/h1-12,23-24H,13-14,16-18H2,(H,33,36)(H,34,35). The number of nitrogens with zero attached hydrogens (tertiary/aromatic N) is 2. The lowest BCUT2D eigenvalue weighted by Gasteiger charge is -2.36. The molecular weight excluding hydrogens is 490 g/mol. The van der Waals surface area contributed by atoms with E-state index in [2.05, 4.69) is 15.3 Å². The lowest BCUT2D eigenvalue weighted by molar-refractivity contribution is -0.133. The van der Waals surface area contributed by atoms with Crippen molar-refractivity contribution in [3.8, 4) is 17.2 Å². The Balaban J connectivity index is 1.35. The van der Waals surface area contributed by atoms with Gasteiger partial charge in [-0.2, -0.15) is 5.26 Å². The zero-order valence-corrected chi connectivity index (χ0v) is 20.9. The maximum absolute atomic E-state index is 14.3. The number of aromatic nitrogens is 2. The summed E-state index contributed by atoms with van der Waals surface area (Å²) < 4.78 is 28.6. The number of thioether (sulfide) groups is 1. The molecule has 2 atom stereocenters. The number of fused-ring (bicyclic) bond motifs is 1. The van der Waals surface area contributed by atoms with Gasteiger partial charge in [0, 0.05) is 17.7 Å². The van der Waals surface area contributed by atoms with Gasteiger partial charge in [-0.25, -0.2) is 13.8 Å². The molecule has 1 aromatic heterocycles. The van der Waals surface area contributed by atoms with Crippen molar-refractivity contribution in [1.82, 2.24) is 15.3 Å². The SMILES string of the molecule is N#CCNC(=O)C1CC(F)(F)CCC1c1ccccc1-c1ccc(SCc2nc3ccccc3[nH]2)cc1. The molecule has 1 heterocycles. The van der Waals surface area contributed by atoms with Crippen LogP contribution in [0.15, 0.2) is 77.7 Å². The summed E-state index contributed by atoms with van der Waals surface area (Å²) in [6.45, 7) is -0.192. The molecule has 37 heavy (non-hydrogen) atoms. The number of nitriles is 1. The number of halogens is 2. The van der Waals surface area contributed by atoms with E-state index in [1.165, 1.54) is 0 Å². The molecule has 188 valence electrons. The minimum Gasteiger partial charge on any atom is -0.343 e. The summed E-state index contributed by atoms with van der Waals surface area (Å²) in [7, 11) is 0. The highest BCUT2D eigenvalue weighted by molar-refractivity contribution is 7.98. The van der Waals surface area contributed by atoms with Crippen LogP contribution in [0, 0.1) is 17.2 Å². The van der Waals surface area contributed by atoms with Gasteiger partial charge in [-0.1, -0.05) is 48.5 Å². The molecule has 3 aromatic carbocycles. The van der Waals surface area contributed by atoms with Crippen LogP contribution in [-0.4, -0.2) is 28.3 Å². The number of hydrogen-bond acceptors (Lipinski definition) is 4. The molecule has 0 aliphatic heterocycles. The van der Waals surface area contributed by atoms with Gasteiger partial charge < -0.3 is 10.3 Å². The second kappa shape index (κ2) is 10.7. The summed E-state index contributed by atoms with van der Waals surface area (Å²) in [4.78, 5) is 21.8. The van der Waals surface area contributed by atoms with E-state index in [0.717, 1.165) is 38.4 Å². The first-order valence-corrected chi connectivity index (χ1v) is 13.2. The number of carbonyl (C=O) groups is 1. The molecule has 1 amide bonds. The maximum atomic E-state index is 14.3. The first-order valence-electron chi connectivity index (χ1n) is 12.2. The van der Waals surface area contributed by atoms with Gasteiger partial charge in [0.05, 0.1) is 28.8 Å². The zero-order chi connectivity index (χ0) is 25.8. The normalized spacial score (nSPS) is 18.8. The van der Waals surface area contributed by atoms with Crippen molar-refractivity contribution in [2.75, 3.05) is 6.54 Å². The van der Waals surface area contributed by atoms with Crippen LogP contribution in [0.4, 0.5) is 8.78 Å². The summed E-state index contributed by atoms with van der Waals surface area (Å²) >= 11 is 1.68. The van der Waals surface area contributed by atoms with E-state index in [0.29, 0.717) is 5.75 Å². The molecule has 5 nitrogen and oxygen atoms in total. The molecule has 0 radical (unpaired) electrons. The summed E-state index contributed by atoms with van der Waals surface area (Å²) in [5.41, 5.74) is 4.76. The van der Waals surface area contributed by atoms with Crippen molar-refractivity contribution in [1.29, 1.82) is 5.26 Å². The first kappa shape index (κ1) is 25.0. The van der Waals surface area contributed by atoms with Gasteiger partial charge in [-0.05, 0) is 53.3 Å². The molecule has 1 fully saturated rings. The van der Waals surface area contributed by atoms with Gasteiger partial charge >= 0.3 is 0 Å². The van der Waals surface area contributed by atoms with Crippen LogP contribution in [0.2, 0.25) is 0 Å². The van der Waals surface area contributed by atoms with E-state index < -0.39 is 24.2 Å². The Morgan fingerprint density at radius 3 is 2.65 bits per heavy atom. The first-order chi connectivity index (χ1) is 17.9. The highest BCUT2D eigenvalue weighted by atomic mass is 32.2. The number of aromatic amines is 1. The van der Waals surface area contributed by atoms with Crippen LogP contribution in [-0.2, 0) is 10.5 Å². The van der Waals surface area contributed by atoms with Crippen molar-refractivity contribution >= 4 is 28.7 Å². The Morgan fingerprint density at radius 2 is 1.86 bits per heavy atom. The lowest BCUT2D eigenvalue weighted by atomic mass is 9.72. The summed E-state index contributed by atoms with van der Waals surface area (Å²) in [6, 6.07) is 25.7. The maximum Gasteiger partial charge on any atom is 0.249 e. The Morgan fingerprint density at radius 1 is 1.11 bits per heavy atom. The summed E-state index contributed by atoms with van der Waals surface area (Å²) in [5, 5.41) is 11.3. The van der Waals surface area contributed by atoms with Crippen molar-refractivity contribution in [3.63, 3.8) is 0 Å². The average molecular weight is 517 g/mol. The average Bonchev–Trinajstić information content (AvgIpc) is 3.33. The van der Waals surface area contributed by atoms with Crippen LogP contribution < -0.4 is 5.32 Å². The van der Waals surface area contributed by atoms with Gasteiger partial charge in [0.1, 0.15) is 12.4 Å². The number of nitrogens with one attached hydrogen (secondary N) is 2. The number of benzene rings is 3. The quantitative estimate of drug-likeness (QED) is 0.212. The fourth-order valence-electron chi connectivity index (χ4n) is 5.08. The van der Waals surface area contributed by atoms with Crippen LogP contribution in [0.5, 0.6) is 0 Å². The molecule has 2 N–H and O–H groups in total. The smallest absolute Gasteiger partial charge is 0.249 e. The monoisotopic (exact) mass is 516 g/mol. The second-order valence-corrected chi connectivity index (χ2v) is 10.3. The van der Waals surface area contributed by atoms with Gasteiger partial charge in [0.2, 0.25) is 11.8 Å². The van der Waals surface area contributed by atoms with E-state index in [1.807, 2.05) is 78.9 Å². The largest absolute Gasteiger partial charge is 0.343 e. The van der Waals surface area contributed by atoms with Crippen molar-refractivity contribution in [2.24, 2.45) is 5.92 Å². The van der Waals surface area contributed by atoms with E-state index in [1.54, 1.807) is 11.8 Å². The number of rotatable bonds is 7. The third-order valence-corrected chi connectivity index (χ3v) is 7.87. The van der Waals surface area contributed by atoms with Crippen LogP contribution in [0.25, 0.3) is 22.2 Å².